The minimum atomic E-state index is -0.250. The Balaban J connectivity index is 1.94. The molecule has 3 aromatic rings. The van der Waals surface area contributed by atoms with Crippen molar-refractivity contribution in [1.29, 1.82) is 0 Å². The van der Waals surface area contributed by atoms with Crippen LogP contribution in [0.15, 0.2) is 59.4 Å². The Labute approximate surface area is 168 Å². The van der Waals surface area contributed by atoms with Gasteiger partial charge < -0.3 is 10.3 Å². The van der Waals surface area contributed by atoms with Crippen LogP contribution in [0.1, 0.15) is 22.4 Å². The normalized spacial score (nSPS) is 11.2. The monoisotopic (exact) mass is 398 g/mol. The highest BCUT2D eigenvalue weighted by atomic mass is 35.5. The average molecular weight is 399 g/mol. The molecule has 2 N–H and O–H groups in total. The van der Waals surface area contributed by atoms with Crippen LogP contribution in [-0.2, 0) is 13.0 Å². The lowest BCUT2D eigenvalue weighted by atomic mass is 10.1. The number of rotatable bonds is 5. The van der Waals surface area contributed by atoms with Gasteiger partial charge in [0, 0.05) is 12.2 Å². The SMILES string of the molecule is Cc1ccc(CCn2c(/C=C/c3cccc(N)c3)c(Cl)cc(Cl)c2=O)cc1. The van der Waals surface area contributed by atoms with E-state index in [9.17, 15) is 4.79 Å². The van der Waals surface area contributed by atoms with Crippen molar-refractivity contribution in [2.24, 2.45) is 0 Å². The van der Waals surface area contributed by atoms with E-state index < -0.39 is 0 Å². The van der Waals surface area contributed by atoms with Gasteiger partial charge in [-0.3, -0.25) is 4.79 Å². The van der Waals surface area contributed by atoms with Gasteiger partial charge in [0.1, 0.15) is 5.02 Å². The minimum Gasteiger partial charge on any atom is -0.399 e. The lowest BCUT2D eigenvalue weighted by Crippen LogP contribution is -2.24. The summed E-state index contributed by atoms with van der Waals surface area (Å²) >= 11 is 12.5. The predicted molar refractivity (Wildman–Crippen MR) is 115 cm³/mol. The molecule has 0 aliphatic carbocycles. The van der Waals surface area contributed by atoms with Gasteiger partial charge in [-0.1, -0.05) is 71.2 Å². The number of nitrogen functional groups attached to an aromatic ring is 1. The summed E-state index contributed by atoms with van der Waals surface area (Å²) in [6.45, 7) is 2.53. The number of hydrogen-bond donors (Lipinski definition) is 1. The Morgan fingerprint density at radius 1 is 1.00 bits per heavy atom. The molecule has 0 fully saturated rings. The van der Waals surface area contributed by atoms with Gasteiger partial charge in [-0.2, -0.15) is 0 Å². The average Bonchev–Trinajstić information content (AvgIpc) is 2.64. The molecule has 0 amide bonds. The number of aromatic nitrogens is 1. The molecule has 1 heterocycles. The maximum absolute atomic E-state index is 12.6. The Hall–Kier alpha value is -2.49. The maximum Gasteiger partial charge on any atom is 0.269 e. The van der Waals surface area contributed by atoms with Crippen molar-refractivity contribution in [2.75, 3.05) is 5.73 Å². The first kappa shape index (κ1) is 19.3. The standard InChI is InChI=1S/C22H20Cl2N2O/c1-15-5-7-16(8-6-15)11-12-26-21(19(23)14-20(24)22(26)27)10-9-17-3-2-4-18(25)13-17/h2-10,13-14H,11-12,25H2,1H3/b10-9+. The highest BCUT2D eigenvalue weighted by molar-refractivity contribution is 6.35. The first-order valence-electron chi connectivity index (χ1n) is 8.62. The van der Waals surface area contributed by atoms with Gasteiger partial charge in [-0.25, -0.2) is 0 Å². The summed E-state index contributed by atoms with van der Waals surface area (Å²) in [7, 11) is 0. The summed E-state index contributed by atoms with van der Waals surface area (Å²) < 4.78 is 1.62. The lowest BCUT2D eigenvalue weighted by molar-refractivity contribution is 0.664. The van der Waals surface area contributed by atoms with Crippen molar-refractivity contribution in [2.45, 2.75) is 19.9 Å². The number of benzene rings is 2. The number of nitrogens with two attached hydrogens (primary N) is 1. The highest BCUT2D eigenvalue weighted by Gasteiger charge is 2.11. The second-order valence-corrected chi connectivity index (χ2v) is 7.24. The van der Waals surface area contributed by atoms with E-state index in [1.807, 2.05) is 43.3 Å². The van der Waals surface area contributed by atoms with Gasteiger partial charge in [0.05, 0.1) is 10.7 Å². The summed E-state index contributed by atoms with van der Waals surface area (Å²) in [5, 5.41) is 0.550. The molecule has 0 radical (unpaired) electrons. The van der Waals surface area contributed by atoms with Crippen molar-refractivity contribution in [3.63, 3.8) is 0 Å². The third-order valence-corrected chi connectivity index (χ3v) is 4.90. The molecular weight excluding hydrogens is 379 g/mol. The molecule has 2 aromatic carbocycles. The summed E-state index contributed by atoms with van der Waals surface area (Å²) in [5.74, 6) is 0. The zero-order valence-corrected chi connectivity index (χ0v) is 16.5. The van der Waals surface area contributed by atoms with E-state index in [4.69, 9.17) is 28.9 Å². The van der Waals surface area contributed by atoms with E-state index in [1.54, 1.807) is 4.57 Å². The van der Waals surface area contributed by atoms with Crippen LogP contribution in [0.5, 0.6) is 0 Å². The second-order valence-electron chi connectivity index (χ2n) is 6.42. The minimum absolute atomic E-state index is 0.116. The molecule has 0 saturated heterocycles. The summed E-state index contributed by atoms with van der Waals surface area (Å²) in [5.41, 5.74) is 10.2. The van der Waals surface area contributed by atoms with E-state index in [2.05, 4.69) is 24.3 Å². The molecule has 27 heavy (non-hydrogen) atoms. The van der Waals surface area contributed by atoms with Crippen molar-refractivity contribution in [1.82, 2.24) is 4.57 Å². The molecule has 3 nitrogen and oxygen atoms in total. The molecule has 3 rings (SSSR count). The smallest absolute Gasteiger partial charge is 0.269 e. The fourth-order valence-electron chi connectivity index (χ4n) is 2.84. The summed E-state index contributed by atoms with van der Waals surface area (Å²) in [6.07, 6.45) is 4.41. The van der Waals surface area contributed by atoms with Gasteiger partial charge in [-0.05, 0) is 48.7 Å². The first-order valence-corrected chi connectivity index (χ1v) is 9.37. The fourth-order valence-corrected chi connectivity index (χ4v) is 3.38. The Kier molecular flexibility index (Phi) is 6.04. The van der Waals surface area contributed by atoms with Crippen molar-refractivity contribution >= 4 is 41.0 Å². The van der Waals surface area contributed by atoms with Crippen LogP contribution in [0.2, 0.25) is 10.0 Å². The Bertz CT molecular complexity index is 1040. The van der Waals surface area contributed by atoms with Gasteiger partial charge in [0.15, 0.2) is 0 Å². The predicted octanol–water partition coefficient (Wildman–Crippen LogP) is 5.46. The summed E-state index contributed by atoms with van der Waals surface area (Å²) in [6, 6.07) is 17.2. The Morgan fingerprint density at radius 3 is 2.44 bits per heavy atom. The molecule has 1 aromatic heterocycles. The third kappa shape index (κ3) is 4.82. The van der Waals surface area contributed by atoms with Crippen molar-refractivity contribution in [3.8, 4) is 0 Å². The molecular formula is C22H20Cl2N2O. The van der Waals surface area contributed by atoms with Crippen molar-refractivity contribution in [3.05, 3.63) is 97.4 Å². The van der Waals surface area contributed by atoms with Crippen LogP contribution in [-0.4, -0.2) is 4.57 Å². The molecule has 0 spiro atoms. The maximum atomic E-state index is 12.6. The molecule has 0 atom stereocenters. The zero-order chi connectivity index (χ0) is 19.4. The number of anilines is 1. The number of nitrogens with zero attached hydrogens (tertiary/aromatic N) is 1. The summed E-state index contributed by atoms with van der Waals surface area (Å²) in [4.78, 5) is 12.6. The molecule has 0 unspecified atom stereocenters. The molecule has 138 valence electrons. The van der Waals surface area contributed by atoms with Crippen LogP contribution >= 0.6 is 23.2 Å². The lowest BCUT2D eigenvalue weighted by Gasteiger charge is -2.13. The molecule has 0 aliphatic rings. The topological polar surface area (TPSA) is 48.0 Å². The van der Waals surface area contributed by atoms with Gasteiger partial charge >= 0.3 is 0 Å². The number of hydrogen-bond acceptors (Lipinski definition) is 2. The van der Waals surface area contributed by atoms with Gasteiger partial charge in [-0.15, -0.1) is 0 Å². The van der Waals surface area contributed by atoms with E-state index in [1.165, 1.54) is 11.6 Å². The van der Waals surface area contributed by atoms with Crippen molar-refractivity contribution < 1.29 is 0 Å². The molecule has 0 bridgehead atoms. The quantitative estimate of drug-likeness (QED) is 0.580. The molecule has 5 heteroatoms. The van der Waals surface area contributed by atoms with Crippen LogP contribution in [0.4, 0.5) is 5.69 Å². The van der Waals surface area contributed by atoms with Crippen LogP contribution in [0, 0.1) is 6.92 Å². The fraction of sp³-hybridized carbons (Fsp3) is 0.136. The van der Waals surface area contributed by atoms with E-state index in [-0.39, 0.29) is 10.6 Å². The Morgan fingerprint density at radius 2 is 1.74 bits per heavy atom. The second kappa shape index (κ2) is 8.47. The number of halogens is 2. The van der Waals surface area contributed by atoms with E-state index >= 15 is 0 Å². The first-order chi connectivity index (χ1) is 12.9. The molecule has 0 aliphatic heterocycles. The zero-order valence-electron chi connectivity index (χ0n) is 15.0. The van der Waals surface area contributed by atoms with Gasteiger partial charge in [0.25, 0.3) is 5.56 Å². The van der Waals surface area contributed by atoms with Crippen LogP contribution in [0.25, 0.3) is 12.2 Å². The van der Waals surface area contributed by atoms with E-state index in [0.29, 0.717) is 29.4 Å². The van der Waals surface area contributed by atoms with E-state index in [0.717, 1.165) is 11.1 Å². The highest BCUT2D eigenvalue weighted by Crippen LogP contribution is 2.21. The van der Waals surface area contributed by atoms with Gasteiger partial charge in [0.2, 0.25) is 0 Å². The molecule has 0 saturated carbocycles. The van der Waals surface area contributed by atoms with Crippen LogP contribution in [0.3, 0.4) is 0 Å². The number of aryl methyl sites for hydroxylation is 2. The number of pyridine rings is 1. The van der Waals surface area contributed by atoms with Crippen LogP contribution < -0.4 is 11.3 Å². The largest absolute Gasteiger partial charge is 0.399 e. The third-order valence-electron chi connectivity index (χ3n) is 4.33.